The summed E-state index contributed by atoms with van der Waals surface area (Å²) < 4.78 is 37.5. The molecule has 17 heavy (non-hydrogen) atoms. The van der Waals surface area contributed by atoms with Gasteiger partial charge in [0, 0.05) is 16.9 Å². The molecule has 0 aromatic heterocycles. The van der Waals surface area contributed by atoms with Crippen LogP contribution in [0, 0.1) is 0 Å². The average molecular weight is 310 g/mol. The van der Waals surface area contributed by atoms with E-state index in [-0.39, 0.29) is 12.5 Å². The molecule has 96 valence electrons. The Hall–Kier alpha value is -0.550. The van der Waals surface area contributed by atoms with Gasteiger partial charge in [-0.1, -0.05) is 35.0 Å². The first-order chi connectivity index (χ1) is 7.92. The number of benzene rings is 1. The molecule has 0 aliphatic carbocycles. The van der Waals surface area contributed by atoms with Crippen molar-refractivity contribution in [3.63, 3.8) is 0 Å². The Balaban J connectivity index is 2.71. The molecule has 0 amide bonds. The second-order valence-corrected chi connectivity index (χ2v) is 4.73. The molecule has 0 saturated heterocycles. The van der Waals surface area contributed by atoms with Crippen LogP contribution in [0.1, 0.15) is 31.4 Å². The lowest BCUT2D eigenvalue weighted by Crippen LogP contribution is -2.23. The van der Waals surface area contributed by atoms with Gasteiger partial charge in [-0.05, 0) is 30.7 Å². The van der Waals surface area contributed by atoms with Crippen molar-refractivity contribution in [3.05, 3.63) is 34.3 Å². The Morgan fingerprint density at radius 1 is 1.35 bits per heavy atom. The van der Waals surface area contributed by atoms with Crippen molar-refractivity contribution in [2.45, 2.75) is 32.0 Å². The van der Waals surface area contributed by atoms with E-state index in [1.807, 2.05) is 31.2 Å². The summed E-state index contributed by atoms with van der Waals surface area (Å²) in [5, 5.41) is 3.08. The van der Waals surface area contributed by atoms with Gasteiger partial charge >= 0.3 is 6.18 Å². The molecule has 5 heteroatoms. The van der Waals surface area contributed by atoms with Gasteiger partial charge in [-0.3, -0.25) is 0 Å². The first kappa shape index (κ1) is 14.5. The van der Waals surface area contributed by atoms with Crippen LogP contribution in [0.4, 0.5) is 13.2 Å². The van der Waals surface area contributed by atoms with E-state index in [4.69, 9.17) is 0 Å². The number of nitrogens with one attached hydrogen (secondary N) is 1. The maximum atomic E-state index is 12.2. The first-order valence-corrected chi connectivity index (χ1v) is 6.27. The summed E-state index contributed by atoms with van der Waals surface area (Å²) in [6.07, 6.45) is -4.80. The van der Waals surface area contributed by atoms with Crippen molar-refractivity contribution in [1.82, 2.24) is 5.32 Å². The molecular weight excluding hydrogens is 295 g/mol. The molecule has 1 nitrogen and oxygen atoms in total. The van der Waals surface area contributed by atoms with Crippen LogP contribution in [0.3, 0.4) is 0 Å². The van der Waals surface area contributed by atoms with Crippen LogP contribution in [-0.4, -0.2) is 12.7 Å². The molecule has 1 aromatic rings. The molecule has 0 aliphatic rings. The number of hydrogen-bond donors (Lipinski definition) is 1. The summed E-state index contributed by atoms with van der Waals surface area (Å²) in [5.74, 6) is 0. The lowest BCUT2D eigenvalue weighted by atomic mass is 10.0. The maximum Gasteiger partial charge on any atom is 0.389 e. The Labute approximate surface area is 108 Å². The molecule has 0 radical (unpaired) electrons. The van der Waals surface area contributed by atoms with Gasteiger partial charge < -0.3 is 5.32 Å². The number of hydrogen-bond acceptors (Lipinski definition) is 1. The van der Waals surface area contributed by atoms with Gasteiger partial charge in [0.1, 0.15) is 0 Å². The van der Waals surface area contributed by atoms with E-state index in [9.17, 15) is 13.2 Å². The van der Waals surface area contributed by atoms with Crippen molar-refractivity contribution in [3.8, 4) is 0 Å². The monoisotopic (exact) mass is 309 g/mol. The second-order valence-electron chi connectivity index (χ2n) is 3.82. The zero-order valence-corrected chi connectivity index (χ0v) is 11.1. The Morgan fingerprint density at radius 2 is 2.06 bits per heavy atom. The highest BCUT2D eigenvalue weighted by Crippen LogP contribution is 2.28. The summed E-state index contributed by atoms with van der Waals surface area (Å²) in [7, 11) is 0. The lowest BCUT2D eigenvalue weighted by molar-refractivity contribution is -0.136. The second kappa shape index (κ2) is 6.40. The Morgan fingerprint density at radius 3 is 2.59 bits per heavy atom. The standard InChI is InChI=1S/C12H15BrF3N/c1-2-17-11(6-7-12(14,15)16)9-4-3-5-10(13)8-9/h3-5,8,11,17H,2,6-7H2,1H3. The van der Waals surface area contributed by atoms with Crippen LogP contribution in [0.15, 0.2) is 28.7 Å². The minimum absolute atomic E-state index is 0.0633. The van der Waals surface area contributed by atoms with Crippen LogP contribution in [0.5, 0.6) is 0 Å². The summed E-state index contributed by atoms with van der Waals surface area (Å²) >= 11 is 3.32. The summed E-state index contributed by atoms with van der Waals surface area (Å²) in [6.45, 7) is 2.54. The van der Waals surface area contributed by atoms with Gasteiger partial charge in [0.15, 0.2) is 0 Å². The largest absolute Gasteiger partial charge is 0.389 e. The first-order valence-electron chi connectivity index (χ1n) is 5.48. The van der Waals surface area contributed by atoms with E-state index in [0.717, 1.165) is 10.0 Å². The normalized spacial score (nSPS) is 13.7. The van der Waals surface area contributed by atoms with Gasteiger partial charge in [-0.25, -0.2) is 0 Å². The Bertz CT molecular complexity index is 352. The molecule has 1 N–H and O–H groups in total. The van der Waals surface area contributed by atoms with Crippen LogP contribution in [0.25, 0.3) is 0 Å². The third-order valence-corrected chi connectivity index (χ3v) is 2.91. The zero-order chi connectivity index (χ0) is 12.9. The van der Waals surface area contributed by atoms with Crippen molar-refractivity contribution < 1.29 is 13.2 Å². The van der Waals surface area contributed by atoms with Crippen molar-refractivity contribution in [2.24, 2.45) is 0 Å². The molecule has 0 spiro atoms. The molecule has 0 fully saturated rings. The highest BCUT2D eigenvalue weighted by atomic mass is 79.9. The highest BCUT2D eigenvalue weighted by Gasteiger charge is 2.28. The van der Waals surface area contributed by atoms with Crippen molar-refractivity contribution in [2.75, 3.05) is 6.54 Å². The molecular formula is C12H15BrF3N. The van der Waals surface area contributed by atoms with Gasteiger partial charge in [-0.15, -0.1) is 0 Å². The molecule has 0 heterocycles. The molecule has 0 saturated carbocycles. The molecule has 1 atom stereocenters. The fourth-order valence-corrected chi connectivity index (χ4v) is 2.08. The molecule has 0 aliphatic heterocycles. The lowest BCUT2D eigenvalue weighted by Gasteiger charge is -2.19. The van der Waals surface area contributed by atoms with Crippen LogP contribution in [0.2, 0.25) is 0 Å². The summed E-state index contributed by atoms with van der Waals surface area (Å²) in [4.78, 5) is 0. The van der Waals surface area contributed by atoms with Crippen molar-refractivity contribution in [1.29, 1.82) is 0 Å². The van der Waals surface area contributed by atoms with Crippen LogP contribution >= 0.6 is 15.9 Å². The van der Waals surface area contributed by atoms with Crippen LogP contribution < -0.4 is 5.32 Å². The third kappa shape index (κ3) is 5.55. The number of alkyl halides is 3. The van der Waals surface area contributed by atoms with Gasteiger partial charge in [0.25, 0.3) is 0 Å². The van der Waals surface area contributed by atoms with Crippen LogP contribution in [-0.2, 0) is 0 Å². The van der Waals surface area contributed by atoms with E-state index >= 15 is 0 Å². The summed E-state index contributed by atoms with van der Waals surface area (Å²) in [6, 6.07) is 7.13. The topological polar surface area (TPSA) is 12.0 Å². The minimum atomic E-state index is -4.10. The SMILES string of the molecule is CCNC(CCC(F)(F)F)c1cccc(Br)c1. The quantitative estimate of drug-likeness (QED) is 0.847. The van der Waals surface area contributed by atoms with Gasteiger partial charge in [0.05, 0.1) is 0 Å². The van der Waals surface area contributed by atoms with E-state index in [0.29, 0.717) is 6.54 Å². The number of rotatable bonds is 5. The molecule has 1 rings (SSSR count). The molecule has 0 bridgehead atoms. The van der Waals surface area contributed by atoms with Gasteiger partial charge in [-0.2, -0.15) is 13.2 Å². The fourth-order valence-electron chi connectivity index (χ4n) is 1.66. The third-order valence-electron chi connectivity index (χ3n) is 2.42. The highest BCUT2D eigenvalue weighted by molar-refractivity contribution is 9.10. The zero-order valence-electron chi connectivity index (χ0n) is 9.52. The predicted octanol–water partition coefficient (Wildman–Crippen LogP) is 4.44. The molecule has 1 unspecified atom stereocenters. The fraction of sp³-hybridized carbons (Fsp3) is 0.500. The average Bonchev–Trinajstić information content (AvgIpc) is 2.23. The Kier molecular flexibility index (Phi) is 5.46. The van der Waals surface area contributed by atoms with E-state index < -0.39 is 12.6 Å². The van der Waals surface area contributed by atoms with Gasteiger partial charge in [0.2, 0.25) is 0 Å². The molecule has 1 aromatic carbocycles. The number of halogens is 4. The van der Waals surface area contributed by atoms with E-state index in [1.165, 1.54) is 0 Å². The van der Waals surface area contributed by atoms with E-state index in [2.05, 4.69) is 21.2 Å². The predicted molar refractivity (Wildman–Crippen MR) is 65.8 cm³/mol. The van der Waals surface area contributed by atoms with E-state index in [1.54, 1.807) is 0 Å². The van der Waals surface area contributed by atoms with Crippen molar-refractivity contribution >= 4 is 15.9 Å². The summed E-state index contributed by atoms with van der Waals surface area (Å²) in [5.41, 5.74) is 0.880. The minimum Gasteiger partial charge on any atom is -0.310 e. The maximum absolute atomic E-state index is 12.2. The smallest absolute Gasteiger partial charge is 0.310 e.